The Bertz CT molecular complexity index is 1120. The Morgan fingerprint density at radius 3 is 2.66 bits per heavy atom. The van der Waals surface area contributed by atoms with Crippen molar-refractivity contribution in [3.05, 3.63) is 74.0 Å². The van der Waals surface area contributed by atoms with E-state index in [-0.39, 0.29) is 18.0 Å². The van der Waals surface area contributed by atoms with Gasteiger partial charge in [0.25, 0.3) is 11.6 Å². The normalized spacial score (nSPS) is 12.3. The summed E-state index contributed by atoms with van der Waals surface area (Å²) in [6, 6.07) is 12.5. The number of hydrogen-bond donors (Lipinski definition) is 1. The Labute approximate surface area is 169 Å². The number of fused-ring (bicyclic) bond motifs is 1. The largest absolute Gasteiger partial charge is 0.454 e. The number of amides is 1. The Kier molecular flexibility index (Phi) is 4.96. The number of aryl methyl sites for hydroxylation is 1. The molecule has 3 aromatic rings. The van der Waals surface area contributed by atoms with Crippen molar-refractivity contribution in [1.82, 2.24) is 5.43 Å². The first-order valence-corrected chi connectivity index (χ1v) is 9.47. The van der Waals surface area contributed by atoms with Gasteiger partial charge in [0.15, 0.2) is 11.5 Å². The number of nitrogens with zero attached hydrogens (tertiary/aromatic N) is 2. The van der Waals surface area contributed by atoms with Crippen LogP contribution < -0.4 is 14.9 Å². The van der Waals surface area contributed by atoms with Gasteiger partial charge in [0.1, 0.15) is 4.88 Å². The Balaban J connectivity index is 1.54. The summed E-state index contributed by atoms with van der Waals surface area (Å²) in [5.74, 6) is 0.303. The van der Waals surface area contributed by atoms with Crippen molar-refractivity contribution >= 4 is 29.1 Å². The highest BCUT2D eigenvalue weighted by molar-refractivity contribution is 7.12. The van der Waals surface area contributed by atoms with Crippen molar-refractivity contribution in [1.29, 1.82) is 0 Å². The molecule has 1 aliphatic heterocycles. The lowest BCUT2D eigenvalue weighted by atomic mass is 10.1. The molecule has 2 aromatic carbocycles. The average Bonchev–Trinajstić information content (AvgIpc) is 3.36. The number of carbonyl (C=O) groups is 1. The molecule has 0 bridgehead atoms. The third kappa shape index (κ3) is 3.81. The molecule has 0 aliphatic carbocycles. The molecule has 1 N–H and O–H groups in total. The van der Waals surface area contributed by atoms with Gasteiger partial charge in [-0.3, -0.25) is 14.9 Å². The second-order valence-corrected chi connectivity index (χ2v) is 7.17. The maximum atomic E-state index is 12.6. The fraction of sp³-hybridized carbons (Fsp3) is 0.100. The third-order valence-corrected chi connectivity index (χ3v) is 5.24. The van der Waals surface area contributed by atoms with Crippen LogP contribution >= 0.6 is 11.3 Å². The molecule has 1 amide bonds. The lowest BCUT2D eigenvalue weighted by Crippen LogP contribution is -2.17. The smallest absolute Gasteiger partial charge is 0.282 e. The highest BCUT2D eigenvalue weighted by atomic mass is 32.1. The van der Waals surface area contributed by atoms with Gasteiger partial charge in [-0.2, -0.15) is 5.10 Å². The van der Waals surface area contributed by atoms with Crippen molar-refractivity contribution < 1.29 is 19.2 Å². The van der Waals surface area contributed by atoms with Crippen LogP contribution in [0.25, 0.3) is 11.1 Å². The summed E-state index contributed by atoms with van der Waals surface area (Å²) in [6.07, 6.45) is 1.22. The summed E-state index contributed by atoms with van der Waals surface area (Å²) in [6.45, 7) is 2.00. The lowest BCUT2D eigenvalue weighted by Gasteiger charge is -2.04. The molecule has 4 rings (SSSR count). The molecule has 9 heteroatoms. The number of nitro benzene ring substituents is 1. The van der Waals surface area contributed by atoms with Crippen molar-refractivity contribution in [2.24, 2.45) is 5.10 Å². The van der Waals surface area contributed by atoms with E-state index in [1.807, 2.05) is 42.6 Å². The van der Waals surface area contributed by atoms with E-state index in [9.17, 15) is 14.9 Å². The highest BCUT2D eigenvalue weighted by Gasteiger charge is 2.22. The maximum Gasteiger partial charge on any atom is 0.282 e. The summed E-state index contributed by atoms with van der Waals surface area (Å²) >= 11 is 1.30. The minimum Gasteiger partial charge on any atom is -0.454 e. The molecule has 1 aromatic heterocycles. The quantitative estimate of drug-likeness (QED) is 0.388. The SMILES string of the molecule is Cc1ccc(-c2ccsc2C(=O)N/N=C\c2cc3c(cc2[N+](=O)[O-])OCO3)cc1. The van der Waals surface area contributed by atoms with Crippen molar-refractivity contribution in [2.45, 2.75) is 6.92 Å². The molecular formula is C20H15N3O5S. The van der Waals surface area contributed by atoms with Gasteiger partial charge in [-0.25, -0.2) is 5.43 Å². The van der Waals surface area contributed by atoms with E-state index in [0.29, 0.717) is 16.4 Å². The van der Waals surface area contributed by atoms with Crippen LogP contribution in [0.4, 0.5) is 5.69 Å². The summed E-state index contributed by atoms with van der Waals surface area (Å²) < 4.78 is 10.4. The number of ether oxygens (including phenoxy) is 2. The molecule has 2 heterocycles. The summed E-state index contributed by atoms with van der Waals surface area (Å²) in [4.78, 5) is 23.8. The summed E-state index contributed by atoms with van der Waals surface area (Å²) in [5.41, 5.74) is 5.30. The third-order valence-electron chi connectivity index (χ3n) is 4.32. The van der Waals surface area contributed by atoms with Gasteiger partial charge < -0.3 is 9.47 Å². The molecule has 0 unspecified atom stereocenters. The van der Waals surface area contributed by atoms with Crippen LogP contribution in [0, 0.1) is 17.0 Å². The number of rotatable bonds is 5. The fourth-order valence-corrected chi connectivity index (χ4v) is 3.67. The van der Waals surface area contributed by atoms with Gasteiger partial charge in [0, 0.05) is 5.56 Å². The Hall–Kier alpha value is -3.72. The minimum atomic E-state index is -0.542. The molecule has 8 nitrogen and oxygen atoms in total. The molecule has 0 atom stereocenters. The van der Waals surface area contributed by atoms with Gasteiger partial charge in [-0.05, 0) is 30.0 Å². The number of thiophene rings is 1. The Morgan fingerprint density at radius 1 is 1.21 bits per heavy atom. The Morgan fingerprint density at radius 2 is 1.93 bits per heavy atom. The molecule has 0 fully saturated rings. The van der Waals surface area contributed by atoms with Gasteiger partial charge >= 0.3 is 0 Å². The number of hydrazone groups is 1. The van der Waals surface area contributed by atoms with Crippen molar-refractivity contribution in [2.75, 3.05) is 6.79 Å². The summed E-state index contributed by atoms with van der Waals surface area (Å²) in [5, 5.41) is 17.0. The van der Waals surface area contributed by atoms with Gasteiger partial charge in [-0.15, -0.1) is 11.3 Å². The molecule has 0 saturated heterocycles. The van der Waals surface area contributed by atoms with Crippen LogP contribution in [0.15, 0.2) is 52.9 Å². The lowest BCUT2D eigenvalue weighted by molar-refractivity contribution is -0.385. The molecule has 0 radical (unpaired) electrons. The zero-order chi connectivity index (χ0) is 20.4. The van der Waals surface area contributed by atoms with Crippen LogP contribution in [-0.4, -0.2) is 23.8 Å². The molecule has 1 aliphatic rings. The van der Waals surface area contributed by atoms with Crippen molar-refractivity contribution in [3.63, 3.8) is 0 Å². The first-order chi connectivity index (χ1) is 14.0. The minimum absolute atomic E-state index is 0.00395. The van der Waals surface area contributed by atoms with Gasteiger partial charge in [-0.1, -0.05) is 29.8 Å². The van der Waals surface area contributed by atoms with Crippen LogP contribution in [0.5, 0.6) is 11.5 Å². The van der Waals surface area contributed by atoms with Crippen LogP contribution in [0.2, 0.25) is 0 Å². The molecule has 146 valence electrons. The molecule has 0 spiro atoms. The first-order valence-electron chi connectivity index (χ1n) is 8.59. The molecular weight excluding hydrogens is 394 g/mol. The number of benzene rings is 2. The van der Waals surface area contributed by atoms with E-state index < -0.39 is 10.8 Å². The van der Waals surface area contributed by atoms with E-state index >= 15 is 0 Å². The van der Waals surface area contributed by atoms with E-state index in [4.69, 9.17) is 9.47 Å². The average molecular weight is 409 g/mol. The predicted octanol–water partition coefficient (Wildman–Crippen LogP) is 4.12. The second kappa shape index (κ2) is 7.72. The fourth-order valence-electron chi connectivity index (χ4n) is 2.87. The van der Waals surface area contributed by atoms with Crippen LogP contribution in [-0.2, 0) is 0 Å². The number of hydrogen-bond acceptors (Lipinski definition) is 7. The maximum absolute atomic E-state index is 12.6. The van der Waals surface area contributed by atoms with E-state index in [0.717, 1.165) is 16.7 Å². The van der Waals surface area contributed by atoms with Gasteiger partial charge in [0.2, 0.25) is 6.79 Å². The zero-order valence-corrected chi connectivity index (χ0v) is 16.1. The zero-order valence-electron chi connectivity index (χ0n) is 15.2. The van der Waals surface area contributed by atoms with E-state index in [1.165, 1.54) is 29.7 Å². The number of nitrogens with one attached hydrogen (secondary N) is 1. The predicted molar refractivity (Wildman–Crippen MR) is 109 cm³/mol. The second-order valence-electron chi connectivity index (χ2n) is 6.25. The molecule has 0 saturated carbocycles. The molecule has 29 heavy (non-hydrogen) atoms. The van der Waals surface area contributed by atoms with Gasteiger partial charge in [0.05, 0.1) is 22.8 Å². The van der Waals surface area contributed by atoms with Crippen molar-refractivity contribution in [3.8, 4) is 22.6 Å². The monoisotopic (exact) mass is 409 g/mol. The van der Waals surface area contributed by atoms with E-state index in [1.54, 1.807) is 0 Å². The number of carbonyl (C=O) groups excluding carboxylic acids is 1. The number of nitro groups is 1. The highest BCUT2D eigenvalue weighted by Crippen LogP contribution is 2.37. The van der Waals surface area contributed by atoms with Crippen LogP contribution in [0.3, 0.4) is 0 Å². The topological polar surface area (TPSA) is 103 Å². The van der Waals surface area contributed by atoms with E-state index in [2.05, 4.69) is 10.5 Å². The van der Waals surface area contributed by atoms with Crippen LogP contribution in [0.1, 0.15) is 20.8 Å². The first kappa shape index (κ1) is 18.6. The summed E-state index contributed by atoms with van der Waals surface area (Å²) in [7, 11) is 0. The standard InChI is InChI=1S/C20H15N3O5S/c1-12-2-4-13(5-3-12)15-6-7-29-19(15)20(24)22-21-10-14-8-17-18(28-11-27-17)9-16(14)23(25)26/h2-10H,11H2,1H3,(H,22,24)/b21-10-.